The second kappa shape index (κ2) is 4.49. The lowest BCUT2D eigenvalue weighted by Gasteiger charge is -2.18. The van der Waals surface area contributed by atoms with Gasteiger partial charge in [-0.2, -0.15) is 0 Å². The number of hydrogen-bond acceptors (Lipinski definition) is 5. The predicted octanol–water partition coefficient (Wildman–Crippen LogP) is 2.71. The first kappa shape index (κ1) is 13.4. The van der Waals surface area contributed by atoms with Crippen LogP contribution in [0.25, 0.3) is 0 Å². The molecule has 21 heavy (non-hydrogen) atoms. The van der Waals surface area contributed by atoms with Crippen LogP contribution in [0.4, 0.5) is 11.4 Å². The Kier molecular flexibility index (Phi) is 2.87. The number of rotatable bonds is 1. The van der Waals surface area contributed by atoms with Gasteiger partial charge in [0.1, 0.15) is 5.56 Å². The van der Waals surface area contributed by atoms with Crippen LogP contribution in [-0.2, 0) is 0 Å². The Bertz CT molecular complexity index is 845. The summed E-state index contributed by atoms with van der Waals surface area (Å²) in [6.45, 7) is 0. The lowest BCUT2D eigenvalue weighted by Crippen LogP contribution is -2.23. The van der Waals surface area contributed by atoms with Gasteiger partial charge in [-0.3, -0.25) is 19.7 Å². The lowest BCUT2D eigenvalue weighted by molar-refractivity contribution is -0.385. The van der Waals surface area contributed by atoms with Gasteiger partial charge in [0.2, 0.25) is 5.78 Å². The zero-order valence-electron chi connectivity index (χ0n) is 10.4. The van der Waals surface area contributed by atoms with E-state index in [1.54, 1.807) is 6.07 Å². The van der Waals surface area contributed by atoms with E-state index in [9.17, 15) is 19.7 Å². The molecule has 2 aromatic rings. The molecular formula is C14H7BrN2O4. The third-order valence-electron chi connectivity index (χ3n) is 3.34. The van der Waals surface area contributed by atoms with E-state index in [0.717, 1.165) is 6.07 Å². The number of anilines is 1. The van der Waals surface area contributed by atoms with Crippen molar-refractivity contribution in [2.75, 3.05) is 5.73 Å². The lowest BCUT2D eigenvalue weighted by atomic mass is 9.82. The quantitative estimate of drug-likeness (QED) is 0.414. The van der Waals surface area contributed by atoms with Crippen molar-refractivity contribution in [2.45, 2.75) is 0 Å². The maximum atomic E-state index is 12.6. The van der Waals surface area contributed by atoms with Crippen LogP contribution in [0.1, 0.15) is 31.8 Å². The molecule has 0 heterocycles. The van der Waals surface area contributed by atoms with E-state index in [1.165, 1.54) is 18.2 Å². The van der Waals surface area contributed by atoms with Crippen molar-refractivity contribution in [2.24, 2.45) is 0 Å². The highest BCUT2D eigenvalue weighted by atomic mass is 79.9. The number of nitro benzene ring substituents is 1. The number of halogens is 1. The summed E-state index contributed by atoms with van der Waals surface area (Å²) < 4.78 is 0.609. The van der Waals surface area contributed by atoms with E-state index in [1.807, 2.05) is 0 Å². The van der Waals surface area contributed by atoms with Gasteiger partial charge in [0.15, 0.2) is 5.78 Å². The largest absolute Gasteiger partial charge is 0.398 e. The van der Waals surface area contributed by atoms with E-state index in [2.05, 4.69) is 15.9 Å². The molecule has 104 valence electrons. The minimum Gasteiger partial charge on any atom is -0.398 e. The number of fused-ring (bicyclic) bond motifs is 2. The number of carbonyl (C=O) groups is 2. The van der Waals surface area contributed by atoms with Gasteiger partial charge in [-0.05, 0) is 24.3 Å². The van der Waals surface area contributed by atoms with Crippen LogP contribution in [0.15, 0.2) is 34.8 Å². The highest BCUT2D eigenvalue weighted by molar-refractivity contribution is 9.10. The molecule has 0 amide bonds. The SMILES string of the molecule is Nc1ccc([N+](=O)[O-])c2c1C(=O)c1ccc(Br)cc1C2=O. The van der Waals surface area contributed by atoms with Gasteiger partial charge in [0.25, 0.3) is 5.69 Å². The molecule has 1 aliphatic carbocycles. The van der Waals surface area contributed by atoms with Crippen molar-refractivity contribution in [3.8, 4) is 0 Å². The molecule has 0 spiro atoms. The molecule has 0 aliphatic heterocycles. The molecule has 2 N–H and O–H groups in total. The summed E-state index contributed by atoms with van der Waals surface area (Å²) in [5.41, 5.74) is 5.39. The van der Waals surface area contributed by atoms with Crippen LogP contribution in [0.5, 0.6) is 0 Å². The van der Waals surface area contributed by atoms with Crippen LogP contribution in [0, 0.1) is 10.1 Å². The van der Waals surface area contributed by atoms with Crippen molar-refractivity contribution in [1.29, 1.82) is 0 Å². The second-order valence-electron chi connectivity index (χ2n) is 4.53. The number of carbonyl (C=O) groups excluding carboxylic acids is 2. The molecule has 7 heteroatoms. The molecule has 0 bridgehead atoms. The van der Waals surface area contributed by atoms with Crippen LogP contribution >= 0.6 is 15.9 Å². The van der Waals surface area contributed by atoms with Gasteiger partial charge in [0, 0.05) is 27.4 Å². The van der Waals surface area contributed by atoms with E-state index >= 15 is 0 Å². The number of nitrogens with zero attached hydrogens (tertiary/aromatic N) is 1. The molecule has 0 saturated heterocycles. The molecule has 6 nitrogen and oxygen atoms in total. The predicted molar refractivity (Wildman–Crippen MR) is 78.5 cm³/mol. The monoisotopic (exact) mass is 346 g/mol. The molecule has 0 aromatic heterocycles. The third kappa shape index (κ3) is 1.85. The van der Waals surface area contributed by atoms with Crippen molar-refractivity contribution in [1.82, 2.24) is 0 Å². The van der Waals surface area contributed by atoms with Gasteiger partial charge >= 0.3 is 0 Å². The standard InChI is InChI=1S/C14H7BrN2O4/c15-6-1-2-7-8(5-6)14(19)12-10(17(20)21)4-3-9(16)11(12)13(7)18/h1-5H,16H2. The minimum absolute atomic E-state index is 0.0579. The fourth-order valence-electron chi connectivity index (χ4n) is 2.41. The summed E-state index contributed by atoms with van der Waals surface area (Å²) in [5.74, 6) is -1.05. The van der Waals surface area contributed by atoms with Crippen molar-refractivity contribution in [3.63, 3.8) is 0 Å². The summed E-state index contributed by atoms with van der Waals surface area (Å²) in [6.07, 6.45) is 0. The fourth-order valence-corrected chi connectivity index (χ4v) is 2.77. The van der Waals surface area contributed by atoms with Gasteiger partial charge in [-0.1, -0.05) is 15.9 Å². The number of nitro groups is 1. The zero-order chi connectivity index (χ0) is 15.3. The summed E-state index contributed by atoms with van der Waals surface area (Å²) in [5, 5.41) is 11.1. The number of benzene rings is 2. The molecular weight excluding hydrogens is 340 g/mol. The highest BCUT2D eigenvalue weighted by Gasteiger charge is 2.37. The van der Waals surface area contributed by atoms with Crippen LogP contribution < -0.4 is 5.73 Å². The van der Waals surface area contributed by atoms with E-state index in [0.29, 0.717) is 4.47 Å². The average Bonchev–Trinajstić information content (AvgIpc) is 2.44. The summed E-state index contributed by atoms with van der Waals surface area (Å²) in [6, 6.07) is 7.02. The molecule has 1 aliphatic rings. The highest BCUT2D eigenvalue weighted by Crippen LogP contribution is 2.36. The van der Waals surface area contributed by atoms with Crippen LogP contribution in [0.2, 0.25) is 0 Å². The van der Waals surface area contributed by atoms with Crippen molar-refractivity contribution < 1.29 is 14.5 Å². The van der Waals surface area contributed by atoms with Crippen LogP contribution in [0.3, 0.4) is 0 Å². The molecule has 3 rings (SSSR count). The first-order chi connectivity index (χ1) is 9.91. The Labute approximate surface area is 126 Å². The van der Waals surface area contributed by atoms with Gasteiger partial charge in [-0.25, -0.2) is 0 Å². The molecule has 0 atom stereocenters. The topological polar surface area (TPSA) is 103 Å². The Morgan fingerprint density at radius 2 is 1.67 bits per heavy atom. The summed E-state index contributed by atoms with van der Waals surface area (Å²) in [7, 11) is 0. The Morgan fingerprint density at radius 1 is 1.00 bits per heavy atom. The van der Waals surface area contributed by atoms with E-state index < -0.39 is 22.2 Å². The maximum Gasteiger partial charge on any atom is 0.281 e. The number of nitrogen functional groups attached to an aromatic ring is 1. The van der Waals surface area contributed by atoms with Crippen molar-refractivity contribution in [3.05, 3.63) is 67.2 Å². The number of nitrogens with two attached hydrogens (primary N) is 1. The summed E-state index contributed by atoms with van der Waals surface area (Å²) >= 11 is 3.22. The Morgan fingerprint density at radius 3 is 2.33 bits per heavy atom. The maximum absolute atomic E-state index is 12.6. The van der Waals surface area contributed by atoms with Crippen LogP contribution in [-0.4, -0.2) is 16.5 Å². The van der Waals surface area contributed by atoms with E-state index in [-0.39, 0.29) is 27.9 Å². The first-order valence-corrected chi connectivity index (χ1v) is 6.67. The minimum atomic E-state index is -0.688. The summed E-state index contributed by atoms with van der Waals surface area (Å²) in [4.78, 5) is 35.5. The van der Waals surface area contributed by atoms with Crippen molar-refractivity contribution >= 4 is 38.9 Å². The van der Waals surface area contributed by atoms with Gasteiger partial charge in [-0.15, -0.1) is 0 Å². The average molecular weight is 347 g/mol. The van der Waals surface area contributed by atoms with Gasteiger partial charge < -0.3 is 5.73 Å². The fraction of sp³-hybridized carbons (Fsp3) is 0. The molecule has 2 aromatic carbocycles. The zero-order valence-corrected chi connectivity index (χ0v) is 12.0. The molecule has 0 saturated carbocycles. The Hall–Kier alpha value is -2.54. The molecule has 0 unspecified atom stereocenters. The third-order valence-corrected chi connectivity index (χ3v) is 3.83. The number of hydrogen-bond donors (Lipinski definition) is 1. The molecule has 0 fully saturated rings. The van der Waals surface area contributed by atoms with E-state index in [4.69, 9.17) is 5.73 Å². The van der Waals surface area contributed by atoms with Gasteiger partial charge in [0.05, 0.1) is 10.5 Å². The second-order valence-corrected chi connectivity index (χ2v) is 5.44. The normalized spacial score (nSPS) is 12.8. The first-order valence-electron chi connectivity index (χ1n) is 5.87. The molecule has 0 radical (unpaired) electrons. The number of ketones is 2. The Balaban J connectivity index is 2.40. The smallest absolute Gasteiger partial charge is 0.281 e.